The maximum Gasteiger partial charge on any atom is 0.306 e. The molecule has 0 aromatic rings. The highest BCUT2D eigenvalue weighted by Crippen LogP contribution is 2.15. The van der Waals surface area contributed by atoms with Crippen molar-refractivity contribution in [2.45, 2.75) is 187 Å². The Morgan fingerprint density at radius 1 is 0.564 bits per heavy atom. The number of carboxylic acid groups (broad SMARTS) is 1. The van der Waals surface area contributed by atoms with Crippen molar-refractivity contribution in [3.05, 3.63) is 24.3 Å². The first-order chi connectivity index (χ1) is 19.1. The highest BCUT2D eigenvalue weighted by Gasteiger charge is 2.11. The van der Waals surface area contributed by atoms with Gasteiger partial charge in [0.15, 0.2) is 0 Å². The van der Waals surface area contributed by atoms with Crippen molar-refractivity contribution >= 4 is 11.9 Å². The molecule has 0 saturated heterocycles. The Kier molecular flexibility index (Phi) is 29.7. The van der Waals surface area contributed by atoms with Gasteiger partial charge in [0, 0.05) is 12.8 Å². The fraction of sp³-hybridized carbons (Fsp3) is 0.829. The molecule has 0 amide bonds. The summed E-state index contributed by atoms with van der Waals surface area (Å²) in [7, 11) is 0. The Labute approximate surface area is 242 Å². The standard InChI is InChI=1S/C35H64O4/c1-3-5-7-9-11-13-14-15-16-18-20-22-28-32-35(38)39-33(30-26-23-24-27-31-34(36)37)29-25-21-19-17-12-10-8-6-4-2/h13-14,25,29,33H,3-12,15-24,26-28,30-32H2,1-2H3,(H,36,37)/b14-13-,29-25-. The van der Waals surface area contributed by atoms with Gasteiger partial charge in [0.1, 0.15) is 6.10 Å². The molecular weight excluding hydrogens is 484 g/mol. The number of carbonyl (C=O) groups is 2. The first-order valence-corrected chi connectivity index (χ1v) is 16.8. The second-order valence-electron chi connectivity index (χ2n) is 11.3. The summed E-state index contributed by atoms with van der Waals surface area (Å²) >= 11 is 0. The maximum atomic E-state index is 12.5. The summed E-state index contributed by atoms with van der Waals surface area (Å²) in [6, 6.07) is 0. The normalized spacial score (nSPS) is 12.5. The molecule has 0 radical (unpaired) electrons. The number of unbranched alkanes of at least 4 members (excludes halogenated alkanes) is 19. The lowest BCUT2D eigenvalue weighted by Crippen LogP contribution is -2.16. The number of hydrogen-bond donors (Lipinski definition) is 1. The summed E-state index contributed by atoms with van der Waals surface area (Å²) in [6.45, 7) is 4.51. The highest BCUT2D eigenvalue weighted by molar-refractivity contribution is 5.69. The third kappa shape index (κ3) is 30.8. The molecule has 0 aromatic heterocycles. The molecule has 0 aromatic carbocycles. The first kappa shape index (κ1) is 37.4. The van der Waals surface area contributed by atoms with Gasteiger partial charge < -0.3 is 9.84 Å². The van der Waals surface area contributed by atoms with Crippen molar-refractivity contribution in [2.75, 3.05) is 0 Å². The van der Waals surface area contributed by atoms with Gasteiger partial charge in [0.2, 0.25) is 0 Å². The Hall–Kier alpha value is -1.58. The van der Waals surface area contributed by atoms with Gasteiger partial charge in [-0.3, -0.25) is 9.59 Å². The SMILES string of the molecule is CCCCCC/C=C\CCCCCCCC(=O)OC(/C=C\CCCCCCCCC)CCCCCCC(=O)O. The molecule has 1 N–H and O–H groups in total. The number of allylic oxidation sites excluding steroid dienone is 3. The van der Waals surface area contributed by atoms with Crippen molar-refractivity contribution in [1.82, 2.24) is 0 Å². The van der Waals surface area contributed by atoms with Crippen LogP contribution in [0.15, 0.2) is 24.3 Å². The second kappa shape index (κ2) is 31.0. The predicted octanol–water partition coefficient (Wildman–Crippen LogP) is 11.3. The molecule has 0 heterocycles. The van der Waals surface area contributed by atoms with Crippen LogP contribution in [-0.2, 0) is 14.3 Å². The summed E-state index contributed by atoms with van der Waals surface area (Å²) in [5.41, 5.74) is 0. The van der Waals surface area contributed by atoms with Gasteiger partial charge in [-0.05, 0) is 70.3 Å². The summed E-state index contributed by atoms with van der Waals surface area (Å²) < 4.78 is 5.85. The molecule has 0 aliphatic heterocycles. The van der Waals surface area contributed by atoms with E-state index in [-0.39, 0.29) is 18.5 Å². The molecule has 0 spiro atoms. The number of hydrogen-bond acceptors (Lipinski definition) is 3. The fourth-order valence-electron chi connectivity index (χ4n) is 4.85. The lowest BCUT2D eigenvalue weighted by Gasteiger charge is -2.15. The van der Waals surface area contributed by atoms with Crippen molar-refractivity contribution in [1.29, 1.82) is 0 Å². The van der Waals surface area contributed by atoms with E-state index in [0.717, 1.165) is 51.4 Å². The molecule has 0 aliphatic rings. The van der Waals surface area contributed by atoms with E-state index in [0.29, 0.717) is 6.42 Å². The van der Waals surface area contributed by atoms with Crippen molar-refractivity contribution in [3.8, 4) is 0 Å². The molecular formula is C35H64O4. The van der Waals surface area contributed by atoms with Crippen LogP contribution >= 0.6 is 0 Å². The number of rotatable bonds is 30. The molecule has 0 bridgehead atoms. The van der Waals surface area contributed by atoms with Gasteiger partial charge in [0.05, 0.1) is 0 Å². The van der Waals surface area contributed by atoms with Crippen molar-refractivity contribution < 1.29 is 19.4 Å². The van der Waals surface area contributed by atoms with Crippen LogP contribution in [0.2, 0.25) is 0 Å². The molecule has 1 unspecified atom stereocenters. The van der Waals surface area contributed by atoms with Gasteiger partial charge in [-0.2, -0.15) is 0 Å². The molecule has 39 heavy (non-hydrogen) atoms. The van der Waals surface area contributed by atoms with Gasteiger partial charge in [-0.15, -0.1) is 0 Å². The zero-order valence-corrected chi connectivity index (χ0v) is 25.9. The average Bonchev–Trinajstić information content (AvgIpc) is 2.91. The third-order valence-corrected chi connectivity index (χ3v) is 7.38. The smallest absolute Gasteiger partial charge is 0.306 e. The van der Waals surface area contributed by atoms with Gasteiger partial charge in [-0.1, -0.05) is 122 Å². The van der Waals surface area contributed by atoms with E-state index in [1.165, 1.54) is 103 Å². The number of carbonyl (C=O) groups excluding carboxylic acids is 1. The summed E-state index contributed by atoms with van der Waals surface area (Å²) in [5, 5.41) is 8.79. The summed E-state index contributed by atoms with van der Waals surface area (Å²) in [6.07, 6.45) is 37.6. The molecule has 4 heteroatoms. The van der Waals surface area contributed by atoms with Crippen LogP contribution in [0.5, 0.6) is 0 Å². The lowest BCUT2D eigenvalue weighted by atomic mass is 10.1. The minimum Gasteiger partial charge on any atom is -0.481 e. The van der Waals surface area contributed by atoms with Gasteiger partial charge in [0.25, 0.3) is 0 Å². The van der Waals surface area contributed by atoms with Gasteiger partial charge >= 0.3 is 11.9 Å². The van der Waals surface area contributed by atoms with Crippen LogP contribution in [0, 0.1) is 0 Å². The van der Waals surface area contributed by atoms with E-state index in [1.807, 2.05) is 0 Å². The van der Waals surface area contributed by atoms with Crippen molar-refractivity contribution in [2.24, 2.45) is 0 Å². The number of esters is 1. The van der Waals surface area contributed by atoms with Crippen LogP contribution in [0.3, 0.4) is 0 Å². The fourth-order valence-corrected chi connectivity index (χ4v) is 4.85. The summed E-state index contributed by atoms with van der Waals surface area (Å²) in [5.74, 6) is -0.794. The quantitative estimate of drug-likeness (QED) is 0.0550. The Morgan fingerprint density at radius 3 is 1.56 bits per heavy atom. The van der Waals surface area contributed by atoms with Crippen molar-refractivity contribution in [3.63, 3.8) is 0 Å². The Bertz CT molecular complexity index is 595. The zero-order valence-electron chi connectivity index (χ0n) is 25.9. The van der Waals surface area contributed by atoms with Gasteiger partial charge in [-0.25, -0.2) is 0 Å². The van der Waals surface area contributed by atoms with E-state index in [4.69, 9.17) is 9.84 Å². The van der Waals surface area contributed by atoms with Crippen LogP contribution in [0.4, 0.5) is 0 Å². The highest BCUT2D eigenvalue weighted by atomic mass is 16.5. The topological polar surface area (TPSA) is 63.6 Å². The van der Waals surface area contributed by atoms with E-state index >= 15 is 0 Å². The number of aliphatic carboxylic acids is 1. The largest absolute Gasteiger partial charge is 0.481 e. The molecule has 4 nitrogen and oxygen atoms in total. The number of carboxylic acids is 1. The van der Waals surface area contributed by atoms with E-state index < -0.39 is 5.97 Å². The van der Waals surface area contributed by atoms with Crippen LogP contribution in [0.25, 0.3) is 0 Å². The third-order valence-electron chi connectivity index (χ3n) is 7.38. The second-order valence-corrected chi connectivity index (χ2v) is 11.3. The maximum absolute atomic E-state index is 12.5. The Morgan fingerprint density at radius 2 is 1.00 bits per heavy atom. The summed E-state index contributed by atoms with van der Waals surface area (Å²) in [4.78, 5) is 23.2. The average molecular weight is 549 g/mol. The monoisotopic (exact) mass is 548 g/mol. The molecule has 0 fully saturated rings. The minimum atomic E-state index is -0.722. The molecule has 0 rings (SSSR count). The van der Waals surface area contributed by atoms with E-state index in [9.17, 15) is 9.59 Å². The minimum absolute atomic E-state index is 0.0718. The first-order valence-electron chi connectivity index (χ1n) is 16.8. The predicted molar refractivity (Wildman–Crippen MR) is 167 cm³/mol. The molecule has 0 aliphatic carbocycles. The molecule has 0 saturated carbocycles. The zero-order chi connectivity index (χ0) is 28.7. The Balaban J connectivity index is 4.09. The molecule has 1 atom stereocenters. The van der Waals surface area contributed by atoms with Crippen LogP contribution in [0.1, 0.15) is 181 Å². The number of ether oxygens (including phenoxy) is 1. The lowest BCUT2D eigenvalue weighted by molar-refractivity contribution is -0.147. The van der Waals surface area contributed by atoms with E-state index in [2.05, 4.69) is 38.2 Å². The van der Waals surface area contributed by atoms with Crippen LogP contribution < -0.4 is 0 Å². The molecule has 228 valence electrons. The van der Waals surface area contributed by atoms with E-state index in [1.54, 1.807) is 0 Å². The van der Waals surface area contributed by atoms with Crippen LogP contribution in [-0.4, -0.2) is 23.1 Å².